The first-order valence-electron chi connectivity index (χ1n) is 8.17. The number of carbonyl (C=O) groups excluding carboxylic acids is 1. The number of thiazole rings is 1. The van der Waals surface area contributed by atoms with Crippen molar-refractivity contribution in [1.82, 2.24) is 10.3 Å². The lowest BCUT2D eigenvalue weighted by atomic mass is 10.2. The number of nitrogens with one attached hydrogen (secondary N) is 2. The molecule has 1 saturated heterocycles. The molecule has 7 nitrogen and oxygen atoms in total. The lowest BCUT2D eigenvalue weighted by Crippen LogP contribution is -2.34. The predicted octanol–water partition coefficient (Wildman–Crippen LogP) is 2.78. The van der Waals surface area contributed by atoms with Crippen LogP contribution in [0, 0.1) is 0 Å². The van der Waals surface area contributed by atoms with E-state index in [-0.39, 0.29) is 16.5 Å². The lowest BCUT2D eigenvalue weighted by molar-refractivity contribution is 0.112. The van der Waals surface area contributed by atoms with Crippen molar-refractivity contribution >= 4 is 43.1 Å². The number of carbonyl (C=O) groups is 1. The lowest BCUT2D eigenvalue weighted by Gasteiger charge is -2.11. The molecule has 0 saturated carbocycles. The van der Waals surface area contributed by atoms with Gasteiger partial charge < -0.3 is 15.4 Å². The van der Waals surface area contributed by atoms with Crippen LogP contribution in [0.2, 0.25) is 0 Å². The maximum absolute atomic E-state index is 12.2. The average Bonchev–Trinajstić information content (AvgIpc) is 3.22. The van der Waals surface area contributed by atoms with Crippen molar-refractivity contribution < 1.29 is 17.9 Å². The van der Waals surface area contributed by atoms with Gasteiger partial charge in [-0.05, 0) is 44.9 Å². The van der Waals surface area contributed by atoms with E-state index >= 15 is 0 Å². The van der Waals surface area contributed by atoms with Gasteiger partial charge in [-0.1, -0.05) is 0 Å². The molecule has 136 valence electrons. The molecule has 1 aliphatic rings. The van der Waals surface area contributed by atoms with Crippen molar-refractivity contribution in [3.63, 3.8) is 0 Å². The maximum atomic E-state index is 12.2. The summed E-state index contributed by atoms with van der Waals surface area (Å²) in [5.41, 5.74) is 1.20. The molecule has 1 fully saturated rings. The maximum Gasteiger partial charge on any atom is 0.319 e. The second-order valence-electron chi connectivity index (χ2n) is 6.23. The van der Waals surface area contributed by atoms with Gasteiger partial charge in [0.25, 0.3) is 0 Å². The molecule has 1 aromatic heterocycles. The van der Waals surface area contributed by atoms with E-state index in [0.717, 1.165) is 35.5 Å². The molecule has 0 radical (unpaired) electrons. The van der Waals surface area contributed by atoms with Gasteiger partial charge in [-0.2, -0.15) is 0 Å². The molecule has 3 rings (SSSR count). The van der Waals surface area contributed by atoms with E-state index in [1.54, 1.807) is 32.0 Å². The minimum absolute atomic E-state index is 0.0820. The number of urea groups is 1. The minimum Gasteiger partial charge on any atom is -0.376 e. The van der Waals surface area contributed by atoms with Crippen LogP contribution in [0.1, 0.15) is 26.7 Å². The normalized spacial score (nSPS) is 18.0. The number of rotatable bonds is 5. The Bertz CT molecular complexity index is 871. The summed E-state index contributed by atoms with van der Waals surface area (Å²) in [5, 5.41) is 5.02. The van der Waals surface area contributed by atoms with Gasteiger partial charge in [-0.3, -0.25) is 0 Å². The highest BCUT2D eigenvalue weighted by molar-refractivity contribution is 7.94. The Morgan fingerprint density at radius 1 is 1.44 bits per heavy atom. The number of aromatic nitrogens is 1. The Morgan fingerprint density at radius 2 is 2.24 bits per heavy atom. The van der Waals surface area contributed by atoms with Crippen molar-refractivity contribution in [2.24, 2.45) is 0 Å². The molecule has 2 heterocycles. The fraction of sp³-hybridized carbons (Fsp3) is 0.500. The zero-order chi connectivity index (χ0) is 18.0. The van der Waals surface area contributed by atoms with Crippen molar-refractivity contribution in [1.29, 1.82) is 0 Å². The van der Waals surface area contributed by atoms with Gasteiger partial charge in [0, 0.05) is 18.8 Å². The van der Waals surface area contributed by atoms with Crippen LogP contribution < -0.4 is 10.6 Å². The third kappa shape index (κ3) is 4.10. The van der Waals surface area contributed by atoms with Gasteiger partial charge in [0.1, 0.15) is 0 Å². The van der Waals surface area contributed by atoms with Crippen LogP contribution in [-0.4, -0.2) is 43.9 Å². The number of hydrogen-bond donors (Lipinski definition) is 2. The molecule has 1 aliphatic heterocycles. The average molecular weight is 383 g/mol. The van der Waals surface area contributed by atoms with Crippen LogP contribution >= 0.6 is 11.3 Å². The summed E-state index contributed by atoms with van der Waals surface area (Å²) in [5.74, 6) is 0. The number of anilines is 1. The van der Waals surface area contributed by atoms with Gasteiger partial charge in [0.05, 0.1) is 21.6 Å². The summed E-state index contributed by atoms with van der Waals surface area (Å²) in [7, 11) is -3.40. The van der Waals surface area contributed by atoms with Crippen molar-refractivity contribution in [3.05, 3.63) is 18.2 Å². The zero-order valence-corrected chi connectivity index (χ0v) is 15.7. The topological polar surface area (TPSA) is 97.4 Å². The fourth-order valence-corrected chi connectivity index (χ4v) is 5.17. The molecule has 25 heavy (non-hydrogen) atoms. The second-order valence-corrected chi connectivity index (χ2v) is 9.93. The number of hydrogen-bond acceptors (Lipinski definition) is 6. The highest BCUT2D eigenvalue weighted by Gasteiger charge is 2.23. The van der Waals surface area contributed by atoms with Crippen LogP contribution in [0.3, 0.4) is 0 Å². The number of benzene rings is 1. The Hall–Kier alpha value is -1.71. The molecule has 0 unspecified atom stereocenters. The molecule has 0 spiro atoms. The third-order valence-corrected chi connectivity index (χ3v) is 7.58. The van der Waals surface area contributed by atoms with Crippen molar-refractivity contribution in [2.45, 2.75) is 42.4 Å². The SMILES string of the molecule is CC(C)S(=O)(=O)c1nc2ccc(NC(=O)NC[C@@H]3CCCO3)cc2s1. The molecule has 2 N–H and O–H groups in total. The molecule has 2 aromatic rings. The Morgan fingerprint density at radius 3 is 2.92 bits per heavy atom. The first-order chi connectivity index (χ1) is 11.9. The van der Waals surface area contributed by atoms with Gasteiger partial charge >= 0.3 is 6.03 Å². The van der Waals surface area contributed by atoms with E-state index in [0.29, 0.717) is 17.7 Å². The van der Waals surface area contributed by atoms with Gasteiger partial charge in [-0.15, -0.1) is 11.3 Å². The summed E-state index contributed by atoms with van der Waals surface area (Å²) in [6, 6.07) is 4.84. The Labute approximate surface area is 150 Å². The highest BCUT2D eigenvalue weighted by atomic mass is 32.2. The molecular weight excluding hydrogens is 362 g/mol. The summed E-state index contributed by atoms with van der Waals surface area (Å²) >= 11 is 1.12. The highest BCUT2D eigenvalue weighted by Crippen LogP contribution is 2.29. The van der Waals surface area contributed by atoms with E-state index in [4.69, 9.17) is 4.74 Å². The quantitative estimate of drug-likeness (QED) is 0.827. The van der Waals surface area contributed by atoms with Crippen molar-refractivity contribution in [3.8, 4) is 0 Å². The molecule has 9 heteroatoms. The Balaban J connectivity index is 1.69. The van der Waals surface area contributed by atoms with E-state index in [2.05, 4.69) is 15.6 Å². The minimum atomic E-state index is -3.40. The van der Waals surface area contributed by atoms with Crippen LogP contribution in [0.25, 0.3) is 10.2 Å². The van der Waals surface area contributed by atoms with E-state index < -0.39 is 15.1 Å². The molecule has 0 aliphatic carbocycles. The van der Waals surface area contributed by atoms with Crippen LogP contribution in [0.4, 0.5) is 10.5 Å². The van der Waals surface area contributed by atoms with Gasteiger partial charge in [0.15, 0.2) is 0 Å². The molecular formula is C16H21N3O4S2. The predicted molar refractivity (Wildman–Crippen MR) is 97.9 cm³/mol. The number of nitrogens with zero attached hydrogens (tertiary/aromatic N) is 1. The summed E-state index contributed by atoms with van der Waals surface area (Å²) in [6.45, 7) is 4.49. The molecule has 1 atom stereocenters. The number of sulfone groups is 1. The number of amides is 2. The van der Waals surface area contributed by atoms with Gasteiger partial charge in [-0.25, -0.2) is 18.2 Å². The molecule has 0 bridgehead atoms. The number of fused-ring (bicyclic) bond motifs is 1. The largest absolute Gasteiger partial charge is 0.376 e. The molecule has 2 amide bonds. The van der Waals surface area contributed by atoms with Crippen LogP contribution in [0.5, 0.6) is 0 Å². The smallest absolute Gasteiger partial charge is 0.319 e. The van der Waals surface area contributed by atoms with E-state index in [1.807, 2.05) is 0 Å². The summed E-state index contributed by atoms with van der Waals surface area (Å²) in [4.78, 5) is 16.2. The van der Waals surface area contributed by atoms with E-state index in [1.165, 1.54) is 0 Å². The second kappa shape index (κ2) is 7.27. The first kappa shape index (κ1) is 18.1. The summed E-state index contributed by atoms with van der Waals surface area (Å²) < 4.78 is 30.7. The fourth-order valence-electron chi connectivity index (χ4n) is 2.49. The zero-order valence-electron chi connectivity index (χ0n) is 14.1. The summed E-state index contributed by atoms with van der Waals surface area (Å²) in [6.07, 6.45) is 2.07. The van der Waals surface area contributed by atoms with Gasteiger partial charge in [0.2, 0.25) is 14.2 Å². The number of ether oxygens (including phenoxy) is 1. The van der Waals surface area contributed by atoms with Crippen LogP contribution in [-0.2, 0) is 14.6 Å². The van der Waals surface area contributed by atoms with Crippen LogP contribution in [0.15, 0.2) is 22.5 Å². The first-order valence-corrected chi connectivity index (χ1v) is 10.5. The van der Waals surface area contributed by atoms with Crippen molar-refractivity contribution in [2.75, 3.05) is 18.5 Å². The third-order valence-electron chi connectivity index (χ3n) is 4.00. The Kier molecular flexibility index (Phi) is 5.26. The monoisotopic (exact) mass is 383 g/mol. The van der Waals surface area contributed by atoms with E-state index in [9.17, 15) is 13.2 Å². The standard InChI is InChI=1S/C16H21N3O4S2/c1-10(2)25(21,22)16-19-13-6-5-11(8-14(13)24-16)18-15(20)17-9-12-4-3-7-23-12/h5-6,8,10,12H,3-4,7,9H2,1-2H3,(H2,17,18,20)/t12-/m0/s1. The molecule has 1 aromatic carbocycles.